The first-order chi connectivity index (χ1) is 33.3. The summed E-state index contributed by atoms with van der Waals surface area (Å²) in [5, 5.41) is 0. The summed E-state index contributed by atoms with van der Waals surface area (Å²) in [5.41, 5.74) is -2.46. The van der Waals surface area contributed by atoms with Crippen LogP contribution in [0.3, 0.4) is 0 Å². The van der Waals surface area contributed by atoms with Crippen molar-refractivity contribution in [1.82, 2.24) is 0 Å². The molecule has 15 aliphatic rings. The molecule has 0 aromatic rings. The van der Waals surface area contributed by atoms with Crippen molar-refractivity contribution in [2.45, 2.75) is 236 Å². The summed E-state index contributed by atoms with van der Waals surface area (Å²) in [6.45, 7) is 16.4. The van der Waals surface area contributed by atoms with Crippen LogP contribution in [0.5, 0.6) is 0 Å². The Morgan fingerprint density at radius 1 is 0.414 bits per heavy atom. The average molecular weight is 989 g/mol. The summed E-state index contributed by atoms with van der Waals surface area (Å²) < 4.78 is 57.4. The van der Waals surface area contributed by atoms with Gasteiger partial charge < -0.3 is 42.6 Å². The van der Waals surface area contributed by atoms with Crippen LogP contribution in [-0.2, 0) is 86.3 Å². The average Bonchev–Trinajstić information content (AvgIpc) is 3.79. The zero-order chi connectivity index (χ0) is 48.9. The van der Waals surface area contributed by atoms with Crippen LogP contribution in [0.25, 0.3) is 0 Å². The minimum Gasteiger partial charge on any atom is -0.390 e. The highest BCUT2D eigenvalue weighted by molar-refractivity contribution is 5.74. The van der Waals surface area contributed by atoms with E-state index in [0.29, 0.717) is 37.0 Å². The fourth-order valence-corrected chi connectivity index (χ4v) is 16.7. The molecule has 15 rings (SSSR count). The molecule has 0 amide bonds. The Labute approximate surface area is 410 Å². The van der Waals surface area contributed by atoms with E-state index in [-0.39, 0.29) is 72.5 Å². The van der Waals surface area contributed by atoms with E-state index in [9.17, 15) is 14.4 Å². The molecule has 12 saturated heterocycles. The van der Waals surface area contributed by atoms with Gasteiger partial charge in [0.2, 0.25) is 17.4 Å². The molecule has 0 N–H and O–H groups in total. The summed E-state index contributed by atoms with van der Waals surface area (Å²) >= 11 is 0. The van der Waals surface area contributed by atoms with Crippen molar-refractivity contribution in [1.29, 1.82) is 0 Å². The molecular formula is C52H76O18. The van der Waals surface area contributed by atoms with Crippen LogP contribution in [0, 0.1) is 71.0 Å². The first-order valence-electron chi connectivity index (χ1n) is 27.0. The van der Waals surface area contributed by atoms with Crippen molar-refractivity contribution in [3.05, 3.63) is 0 Å². The third kappa shape index (κ3) is 7.47. The fraction of sp³-hybridized carbons (Fsp3) is 0.942. The predicted molar refractivity (Wildman–Crippen MR) is 236 cm³/mol. The molecule has 18 heteroatoms. The molecule has 70 heavy (non-hydrogen) atoms. The Balaban J connectivity index is 0.770. The van der Waals surface area contributed by atoms with Crippen LogP contribution < -0.4 is 0 Å². The van der Waals surface area contributed by atoms with Gasteiger partial charge in [0.05, 0.1) is 37.6 Å². The van der Waals surface area contributed by atoms with Crippen LogP contribution in [0.15, 0.2) is 0 Å². The third-order valence-electron chi connectivity index (χ3n) is 20.7. The van der Waals surface area contributed by atoms with Gasteiger partial charge in [-0.2, -0.15) is 0 Å². The molecule has 3 unspecified atom stereocenters. The highest BCUT2D eigenvalue weighted by Gasteiger charge is 2.72. The van der Waals surface area contributed by atoms with Crippen LogP contribution in [0.1, 0.15) is 159 Å². The van der Waals surface area contributed by atoms with Gasteiger partial charge in [-0.1, -0.05) is 41.5 Å². The molecule has 12 aliphatic heterocycles. The Morgan fingerprint density at radius 2 is 0.700 bits per heavy atom. The number of carbonyl (C=O) groups excluding carboxylic acids is 3. The van der Waals surface area contributed by atoms with E-state index in [1.165, 1.54) is 0 Å². The summed E-state index contributed by atoms with van der Waals surface area (Å²) in [6.07, 6.45) is 5.12. The van der Waals surface area contributed by atoms with Crippen molar-refractivity contribution in [2.24, 2.45) is 71.0 Å². The number of ether oxygens (including phenoxy) is 9. The molecule has 24 atom stereocenters. The van der Waals surface area contributed by atoms with E-state index in [1.807, 2.05) is 20.8 Å². The molecule has 6 bridgehead atoms. The number of carbonyl (C=O) groups is 3. The lowest BCUT2D eigenvalue weighted by atomic mass is 9.57. The summed E-state index contributed by atoms with van der Waals surface area (Å²) in [5.74, 6) is -4.36. The van der Waals surface area contributed by atoms with Crippen molar-refractivity contribution in [3.8, 4) is 0 Å². The van der Waals surface area contributed by atoms with Crippen molar-refractivity contribution in [3.63, 3.8) is 0 Å². The molecule has 3 spiro atoms. The maximum absolute atomic E-state index is 14.2. The van der Waals surface area contributed by atoms with Crippen LogP contribution in [0.2, 0.25) is 0 Å². The van der Waals surface area contributed by atoms with Gasteiger partial charge in [0.1, 0.15) is 0 Å². The second-order valence-electron chi connectivity index (χ2n) is 24.7. The second kappa shape index (κ2) is 17.2. The molecule has 3 saturated carbocycles. The van der Waals surface area contributed by atoms with Gasteiger partial charge in [-0.05, 0) is 132 Å². The maximum Gasteiger partial charge on any atom is 0.412 e. The zero-order valence-electron chi connectivity index (χ0n) is 42.4. The molecule has 3 aliphatic carbocycles. The number of fused-ring (bicyclic) bond motifs is 6. The smallest absolute Gasteiger partial charge is 0.390 e. The Morgan fingerprint density at radius 3 is 0.986 bits per heavy atom. The van der Waals surface area contributed by atoms with Crippen molar-refractivity contribution >= 4 is 17.9 Å². The lowest BCUT2D eigenvalue weighted by Crippen LogP contribution is -2.70. The van der Waals surface area contributed by atoms with E-state index in [4.69, 9.17) is 72.0 Å². The second-order valence-corrected chi connectivity index (χ2v) is 24.7. The first kappa shape index (κ1) is 48.8. The normalized spacial score (nSPS) is 55.3. The molecule has 0 aromatic heterocycles. The maximum atomic E-state index is 14.2. The number of esters is 3. The van der Waals surface area contributed by atoms with Gasteiger partial charge in [0.15, 0.2) is 35.7 Å². The van der Waals surface area contributed by atoms with Gasteiger partial charge in [-0.3, -0.25) is 14.4 Å². The van der Waals surface area contributed by atoms with E-state index in [1.54, 1.807) is 0 Å². The van der Waals surface area contributed by atoms with Crippen molar-refractivity contribution < 1.29 is 86.3 Å². The van der Waals surface area contributed by atoms with E-state index < -0.39 is 95.7 Å². The van der Waals surface area contributed by atoms with Crippen molar-refractivity contribution in [2.75, 3.05) is 0 Å². The lowest BCUT2D eigenvalue weighted by molar-refractivity contribution is -0.571. The predicted octanol–water partition coefficient (Wildman–Crippen LogP) is 7.82. The molecule has 0 radical (unpaired) electrons. The number of hydrogen-bond donors (Lipinski definition) is 0. The van der Waals surface area contributed by atoms with Gasteiger partial charge in [0, 0.05) is 37.0 Å². The third-order valence-corrected chi connectivity index (χ3v) is 20.7. The van der Waals surface area contributed by atoms with E-state index in [2.05, 4.69) is 41.5 Å². The molecule has 12 heterocycles. The Bertz CT molecular complexity index is 1840. The SMILES string of the molecule is C[C@@H]1CC[C@H]2[C@@H](C)C(CC(=O)OC(OC(=O)CC3O[C@@H]4O[C@]5(C)CC[C@H]6[C@H](C)CC[C@@H]([C@H]3C)[C@@]46OO5)OC(=O)CC3O[C@@H]4O[C@]5(C)CC[C@H]6[C@H](C)CC[C@@H]([C@H]3C)[C@@]46OO5)O[C@@H]3O[C@]4(C)CC[C@@H]1[C@]32OO4. The molecule has 15 fully saturated rings. The molecule has 18 nitrogen and oxygen atoms in total. The Hall–Kier alpha value is -2.07. The highest BCUT2D eigenvalue weighted by Crippen LogP contribution is 2.64. The number of rotatable bonds is 9. The largest absolute Gasteiger partial charge is 0.412 e. The van der Waals surface area contributed by atoms with E-state index in [0.717, 1.165) is 57.8 Å². The summed E-state index contributed by atoms with van der Waals surface area (Å²) in [7, 11) is 0. The summed E-state index contributed by atoms with van der Waals surface area (Å²) in [6, 6.07) is 0. The van der Waals surface area contributed by atoms with Gasteiger partial charge in [0.25, 0.3) is 0 Å². The molecular weight excluding hydrogens is 913 g/mol. The van der Waals surface area contributed by atoms with Crippen LogP contribution >= 0.6 is 0 Å². The van der Waals surface area contributed by atoms with E-state index >= 15 is 0 Å². The number of hydrogen-bond acceptors (Lipinski definition) is 18. The van der Waals surface area contributed by atoms with Crippen LogP contribution in [-0.4, -0.2) is 95.7 Å². The standard InChI is InChI=1S/C52H76O18/c1-25-10-13-34-28(4)37(56-43-50(34)31(25)16-19-47(7,62-43)65-68-50)22-40(53)59-46(60-41(54)23-38-29(5)35-14-11-26(2)32-17-20-48(8)63-44(57-38)51(32,35)69-66-48)61-42(55)24-39-30(6)36-15-12-27(3)33-18-21-49(9)64-45(58-39)52(33,36)70-67-49/h25-39,43-46H,10-24H2,1-9H3/t25-,26-,27-,28-,29-,30-,31+,32+,33+,34+,35+,36+,37?,38?,39?,43-,44-,45-,46?,47+,48+,49+,50-,51-,52-/m1/s1. The minimum absolute atomic E-state index is 0.0303. The van der Waals surface area contributed by atoms with Gasteiger partial charge >= 0.3 is 24.4 Å². The Kier molecular flexibility index (Phi) is 12.0. The lowest BCUT2D eigenvalue weighted by Gasteiger charge is -2.60. The minimum atomic E-state index is -2.02. The molecule has 392 valence electrons. The monoisotopic (exact) mass is 989 g/mol. The highest BCUT2D eigenvalue weighted by atomic mass is 17.3. The van der Waals surface area contributed by atoms with Crippen LogP contribution in [0.4, 0.5) is 0 Å². The topological polar surface area (TPSA) is 190 Å². The van der Waals surface area contributed by atoms with Gasteiger partial charge in [-0.15, -0.1) is 0 Å². The summed E-state index contributed by atoms with van der Waals surface area (Å²) in [4.78, 5) is 79.7. The zero-order valence-corrected chi connectivity index (χ0v) is 42.4. The fourth-order valence-electron chi connectivity index (χ4n) is 16.7. The van der Waals surface area contributed by atoms with Gasteiger partial charge in [-0.25, -0.2) is 29.3 Å². The molecule has 0 aromatic carbocycles. The quantitative estimate of drug-likeness (QED) is 0.123. The first-order valence-corrected chi connectivity index (χ1v) is 27.0.